The molecule has 0 aliphatic rings. The van der Waals surface area contributed by atoms with Gasteiger partial charge < -0.3 is 10.1 Å². The van der Waals surface area contributed by atoms with Gasteiger partial charge in [-0.25, -0.2) is 9.97 Å². The van der Waals surface area contributed by atoms with Crippen LogP contribution in [0.3, 0.4) is 0 Å². The van der Waals surface area contributed by atoms with Gasteiger partial charge in [0.2, 0.25) is 0 Å². The van der Waals surface area contributed by atoms with E-state index in [0.29, 0.717) is 10.8 Å². The molecular weight excluding hydrogens is 238 g/mol. The molecule has 0 unspecified atom stereocenters. The second kappa shape index (κ2) is 5.01. The third kappa shape index (κ3) is 2.47. The van der Waals surface area contributed by atoms with Crippen molar-refractivity contribution < 1.29 is 4.74 Å². The average molecular weight is 250 g/mol. The number of methoxy groups -OCH3 is 1. The summed E-state index contributed by atoms with van der Waals surface area (Å²) >= 11 is 6.07. The molecule has 1 aromatic heterocycles. The number of benzene rings is 1. The Kier molecular flexibility index (Phi) is 3.44. The molecule has 0 fully saturated rings. The molecule has 1 heterocycles. The average Bonchev–Trinajstić information content (AvgIpc) is 2.38. The molecule has 0 aliphatic heterocycles. The van der Waals surface area contributed by atoms with E-state index in [1.54, 1.807) is 7.11 Å². The maximum absolute atomic E-state index is 6.07. The smallest absolute Gasteiger partial charge is 0.137 e. The lowest BCUT2D eigenvalue weighted by Crippen LogP contribution is -1.94. The summed E-state index contributed by atoms with van der Waals surface area (Å²) < 4.78 is 5.10. The van der Waals surface area contributed by atoms with Crippen molar-refractivity contribution in [1.29, 1.82) is 0 Å². The third-order valence-electron chi connectivity index (χ3n) is 2.37. The van der Waals surface area contributed by atoms with E-state index < -0.39 is 0 Å². The van der Waals surface area contributed by atoms with Crippen molar-refractivity contribution in [3.05, 3.63) is 35.6 Å². The summed E-state index contributed by atoms with van der Waals surface area (Å²) in [6.45, 7) is 0. The minimum Gasteiger partial charge on any atom is -0.495 e. The van der Waals surface area contributed by atoms with Gasteiger partial charge in [-0.1, -0.05) is 11.6 Å². The maximum Gasteiger partial charge on any atom is 0.137 e. The molecule has 0 atom stereocenters. The molecule has 1 aromatic carbocycles. The van der Waals surface area contributed by atoms with Crippen LogP contribution in [0.25, 0.3) is 11.3 Å². The van der Waals surface area contributed by atoms with Crippen LogP contribution in [0, 0.1) is 0 Å². The standard InChI is InChI=1S/C12H12ClN3O/c1-14-12-6-10(15-7-16-12)8-3-4-11(17-2)9(13)5-8/h3-7H,1-2H3,(H,14,15,16). The van der Waals surface area contributed by atoms with E-state index in [1.165, 1.54) is 6.33 Å². The molecule has 2 rings (SSSR count). The van der Waals surface area contributed by atoms with Gasteiger partial charge in [0.15, 0.2) is 0 Å². The normalized spacial score (nSPS) is 10.1. The lowest BCUT2D eigenvalue weighted by Gasteiger charge is -2.06. The van der Waals surface area contributed by atoms with E-state index in [4.69, 9.17) is 16.3 Å². The molecule has 0 aliphatic carbocycles. The summed E-state index contributed by atoms with van der Waals surface area (Å²) in [7, 11) is 3.40. The first-order valence-electron chi connectivity index (χ1n) is 5.08. The van der Waals surface area contributed by atoms with Gasteiger partial charge in [-0.3, -0.25) is 0 Å². The summed E-state index contributed by atoms with van der Waals surface area (Å²) in [5.41, 5.74) is 1.74. The van der Waals surface area contributed by atoms with Crippen LogP contribution in [0.1, 0.15) is 0 Å². The first-order chi connectivity index (χ1) is 8.24. The van der Waals surface area contributed by atoms with Gasteiger partial charge in [0.25, 0.3) is 0 Å². The minimum atomic E-state index is 0.564. The third-order valence-corrected chi connectivity index (χ3v) is 2.67. The fourth-order valence-corrected chi connectivity index (χ4v) is 1.74. The highest BCUT2D eigenvalue weighted by atomic mass is 35.5. The molecule has 2 aromatic rings. The van der Waals surface area contributed by atoms with Crippen LogP contribution >= 0.6 is 11.6 Å². The van der Waals surface area contributed by atoms with Crippen LogP contribution in [-0.4, -0.2) is 24.1 Å². The highest BCUT2D eigenvalue weighted by Gasteiger charge is 2.05. The van der Waals surface area contributed by atoms with Crippen molar-refractivity contribution in [2.75, 3.05) is 19.5 Å². The number of nitrogens with one attached hydrogen (secondary N) is 1. The van der Waals surface area contributed by atoms with E-state index in [-0.39, 0.29) is 0 Å². The summed E-state index contributed by atoms with van der Waals surface area (Å²) in [4.78, 5) is 8.26. The second-order valence-corrected chi connectivity index (χ2v) is 3.80. The first kappa shape index (κ1) is 11.7. The molecule has 1 N–H and O–H groups in total. The largest absolute Gasteiger partial charge is 0.495 e. The van der Waals surface area contributed by atoms with Gasteiger partial charge in [-0.05, 0) is 18.2 Å². The summed E-state index contributed by atoms with van der Waals surface area (Å²) in [6.07, 6.45) is 1.51. The lowest BCUT2D eigenvalue weighted by atomic mass is 10.1. The molecule has 5 heteroatoms. The lowest BCUT2D eigenvalue weighted by molar-refractivity contribution is 0.415. The molecule has 0 radical (unpaired) electrons. The number of anilines is 1. The van der Waals surface area contributed by atoms with Crippen molar-refractivity contribution in [1.82, 2.24) is 9.97 Å². The molecule has 17 heavy (non-hydrogen) atoms. The van der Waals surface area contributed by atoms with Crippen molar-refractivity contribution in [2.24, 2.45) is 0 Å². The molecule has 0 saturated heterocycles. The zero-order valence-electron chi connectivity index (χ0n) is 9.57. The predicted octanol–water partition coefficient (Wildman–Crippen LogP) is 2.85. The molecule has 0 bridgehead atoms. The minimum absolute atomic E-state index is 0.564. The highest BCUT2D eigenvalue weighted by Crippen LogP contribution is 2.29. The fourth-order valence-electron chi connectivity index (χ4n) is 1.48. The number of aromatic nitrogens is 2. The Morgan fingerprint density at radius 2 is 2.06 bits per heavy atom. The number of nitrogens with zero attached hydrogens (tertiary/aromatic N) is 2. The topological polar surface area (TPSA) is 47.0 Å². The van der Waals surface area contributed by atoms with Gasteiger partial charge in [-0.2, -0.15) is 0 Å². The van der Waals surface area contributed by atoms with E-state index in [1.807, 2.05) is 31.3 Å². The molecule has 88 valence electrons. The molecule has 0 spiro atoms. The van der Waals surface area contributed by atoms with Crippen molar-refractivity contribution in [3.63, 3.8) is 0 Å². The molecule has 0 amide bonds. The quantitative estimate of drug-likeness (QED) is 0.909. The van der Waals surface area contributed by atoms with E-state index in [9.17, 15) is 0 Å². The fraction of sp³-hybridized carbons (Fsp3) is 0.167. The number of hydrogen-bond acceptors (Lipinski definition) is 4. The summed E-state index contributed by atoms with van der Waals surface area (Å²) in [5, 5.41) is 3.53. The maximum atomic E-state index is 6.07. The van der Waals surface area contributed by atoms with Crippen molar-refractivity contribution >= 4 is 17.4 Å². The number of hydrogen-bond donors (Lipinski definition) is 1. The Balaban J connectivity index is 2.42. The zero-order chi connectivity index (χ0) is 12.3. The molecule has 4 nitrogen and oxygen atoms in total. The first-order valence-corrected chi connectivity index (χ1v) is 5.46. The van der Waals surface area contributed by atoms with Gasteiger partial charge in [0.1, 0.15) is 17.9 Å². The molecular formula is C12H12ClN3O. The van der Waals surface area contributed by atoms with Crippen LogP contribution < -0.4 is 10.1 Å². The Bertz CT molecular complexity index is 531. The van der Waals surface area contributed by atoms with E-state index in [0.717, 1.165) is 17.1 Å². The van der Waals surface area contributed by atoms with Crippen molar-refractivity contribution in [3.8, 4) is 17.0 Å². The van der Waals surface area contributed by atoms with Crippen LogP contribution in [0.4, 0.5) is 5.82 Å². The van der Waals surface area contributed by atoms with Crippen LogP contribution in [-0.2, 0) is 0 Å². The Labute approximate surface area is 105 Å². The number of ether oxygens (including phenoxy) is 1. The summed E-state index contributed by atoms with van der Waals surface area (Å²) in [5.74, 6) is 1.42. The number of halogens is 1. The Morgan fingerprint density at radius 1 is 1.24 bits per heavy atom. The van der Waals surface area contributed by atoms with Gasteiger partial charge in [0.05, 0.1) is 17.8 Å². The van der Waals surface area contributed by atoms with Gasteiger partial charge >= 0.3 is 0 Å². The van der Waals surface area contributed by atoms with E-state index >= 15 is 0 Å². The highest BCUT2D eigenvalue weighted by molar-refractivity contribution is 6.32. The zero-order valence-corrected chi connectivity index (χ0v) is 10.3. The predicted molar refractivity (Wildman–Crippen MR) is 68.6 cm³/mol. The van der Waals surface area contributed by atoms with Crippen LogP contribution in [0.5, 0.6) is 5.75 Å². The molecule has 0 saturated carbocycles. The summed E-state index contributed by atoms with van der Waals surface area (Å²) in [6, 6.07) is 7.41. The Morgan fingerprint density at radius 3 is 2.71 bits per heavy atom. The monoisotopic (exact) mass is 249 g/mol. The van der Waals surface area contributed by atoms with Crippen LogP contribution in [0.2, 0.25) is 5.02 Å². The van der Waals surface area contributed by atoms with E-state index in [2.05, 4.69) is 15.3 Å². The van der Waals surface area contributed by atoms with Gasteiger partial charge in [-0.15, -0.1) is 0 Å². The van der Waals surface area contributed by atoms with Crippen molar-refractivity contribution in [2.45, 2.75) is 0 Å². The Hall–Kier alpha value is -1.81. The van der Waals surface area contributed by atoms with Gasteiger partial charge in [0, 0.05) is 18.7 Å². The number of rotatable bonds is 3. The second-order valence-electron chi connectivity index (χ2n) is 3.39. The SMILES string of the molecule is CNc1cc(-c2ccc(OC)c(Cl)c2)ncn1. The van der Waals surface area contributed by atoms with Crippen LogP contribution in [0.15, 0.2) is 30.6 Å².